The number of amides is 1. The highest BCUT2D eigenvalue weighted by atomic mass is 16.2. The Kier molecular flexibility index (Phi) is 1.74. The molecule has 0 saturated heterocycles. The van der Waals surface area contributed by atoms with Gasteiger partial charge in [-0.2, -0.15) is 9.61 Å². The monoisotopic (exact) mass is 190 g/mol. The molecule has 0 bridgehead atoms. The van der Waals surface area contributed by atoms with Crippen molar-refractivity contribution in [2.75, 3.05) is 0 Å². The van der Waals surface area contributed by atoms with Gasteiger partial charge in [0.05, 0.1) is 0 Å². The molecule has 2 N–H and O–H groups in total. The summed E-state index contributed by atoms with van der Waals surface area (Å²) in [5.41, 5.74) is 4.64. The molecule has 0 saturated carbocycles. The number of carbonyl (C=O) groups excluding carboxylic acids is 1. The van der Waals surface area contributed by atoms with E-state index in [9.17, 15) is 9.59 Å². The lowest BCUT2D eigenvalue weighted by atomic mass is 10.3. The number of hydrogen-bond acceptors (Lipinski definition) is 4. The first-order chi connectivity index (χ1) is 6.70. The highest BCUT2D eigenvalue weighted by Crippen LogP contribution is 1.93. The molecule has 2 aromatic heterocycles. The standard InChI is InChI=1S/C8H6N4O2/c9-7(13)5-4-10-6-2-1-3-11-12(6)8(5)14/h1-4H,(H2,9,13). The lowest BCUT2D eigenvalue weighted by Crippen LogP contribution is -2.28. The molecule has 6 nitrogen and oxygen atoms in total. The van der Waals surface area contributed by atoms with E-state index in [1.165, 1.54) is 6.20 Å². The number of nitrogens with two attached hydrogens (primary N) is 1. The average Bonchev–Trinajstić information content (AvgIpc) is 2.18. The molecule has 0 spiro atoms. The Labute approximate surface area is 78.0 Å². The minimum atomic E-state index is -0.803. The molecule has 0 radical (unpaired) electrons. The van der Waals surface area contributed by atoms with E-state index in [0.29, 0.717) is 5.65 Å². The average molecular weight is 190 g/mol. The molecule has 1 amide bonds. The smallest absolute Gasteiger partial charge is 0.287 e. The molecule has 70 valence electrons. The van der Waals surface area contributed by atoms with Crippen molar-refractivity contribution in [2.45, 2.75) is 0 Å². The summed E-state index contributed by atoms with van der Waals surface area (Å²) >= 11 is 0. The maximum absolute atomic E-state index is 11.5. The van der Waals surface area contributed by atoms with Crippen molar-refractivity contribution in [3.8, 4) is 0 Å². The molecule has 14 heavy (non-hydrogen) atoms. The Balaban J connectivity index is 2.89. The molecule has 0 aromatic carbocycles. The van der Waals surface area contributed by atoms with E-state index < -0.39 is 11.5 Å². The molecule has 2 heterocycles. The van der Waals surface area contributed by atoms with Crippen molar-refractivity contribution in [2.24, 2.45) is 5.73 Å². The Morgan fingerprint density at radius 3 is 3.00 bits per heavy atom. The van der Waals surface area contributed by atoms with Crippen LogP contribution < -0.4 is 11.3 Å². The molecule has 0 aliphatic rings. The van der Waals surface area contributed by atoms with Crippen LogP contribution in [0.25, 0.3) is 5.65 Å². The number of nitrogens with zero attached hydrogens (tertiary/aromatic N) is 3. The first kappa shape index (κ1) is 8.36. The van der Waals surface area contributed by atoms with Crippen LogP contribution in [0.3, 0.4) is 0 Å². The lowest BCUT2D eigenvalue weighted by molar-refractivity contribution is 0.0998. The van der Waals surface area contributed by atoms with Crippen molar-refractivity contribution in [3.05, 3.63) is 40.4 Å². The van der Waals surface area contributed by atoms with Crippen LogP contribution in [0.15, 0.2) is 29.3 Å². The predicted molar refractivity (Wildman–Crippen MR) is 47.8 cm³/mol. The van der Waals surface area contributed by atoms with Crippen molar-refractivity contribution in [1.29, 1.82) is 0 Å². The molecule has 0 unspecified atom stereocenters. The molecule has 2 aromatic rings. The van der Waals surface area contributed by atoms with Crippen LogP contribution in [-0.2, 0) is 0 Å². The third-order valence-corrected chi connectivity index (χ3v) is 1.74. The first-order valence-corrected chi connectivity index (χ1v) is 3.83. The predicted octanol–water partition coefficient (Wildman–Crippen LogP) is -0.812. The third kappa shape index (κ3) is 1.13. The van der Waals surface area contributed by atoms with E-state index in [-0.39, 0.29) is 5.56 Å². The molecule has 0 aliphatic carbocycles. The van der Waals surface area contributed by atoms with Gasteiger partial charge in [-0.25, -0.2) is 4.98 Å². The molecular weight excluding hydrogens is 184 g/mol. The second-order valence-corrected chi connectivity index (χ2v) is 2.63. The lowest BCUT2D eigenvalue weighted by Gasteiger charge is -1.98. The highest BCUT2D eigenvalue weighted by molar-refractivity contribution is 5.92. The van der Waals surface area contributed by atoms with Gasteiger partial charge in [-0.1, -0.05) is 0 Å². The Morgan fingerprint density at radius 2 is 2.29 bits per heavy atom. The van der Waals surface area contributed by atoms with E-state index >= 15 is 0 Å². The zero-order valence-electron chi connectivity index (χ0n) is 7.04. The number of hydrogen-bond donors (Lipinski definition) is 1. The van der Waals surface area contributed by atoms with Crippen molar-refractivity contribution >= 4 is 11.6 Å². The van der Waals surface area contributed by atoms with Gasteiger partial charge in [0.25, 0.3) is 11.5 Å². The minimum absolute atomic E-state index is 0.166. The topological polar surface area (TPSA) is 90.3 Å². The molecule has 0 fully saturated rings. The van der Waals surface area contributed by atoms with Gasteiger partial charge in [0.1, 0.15) is 5.56 Å². The van der Waals surface area contributed by atoms with Crippen molar-refractivity contribution < 1.29 is 4.79 Å². The van der Waals surface area contributed by atoms with E-state index in [4.69, 9.17) is 5.73 Å². The minimum Gasteiger partial charge on any atom is -0.365 e. The van der Waals surface area contributed by atoms with Gasteiger partial charge in [-0.15, -0.1) is 0 Å². The van der Waals surface area contributed by atoms with Gasteiger partial charge >= 0.3 is 0 Å². The van der Waals surface area contributed by atoms with Gasteiger partial charge in [0.15, 0.2) is 5.65 Å². The highest BCUT2D eigenvalue weighted by Gasteiger charge is 2.09. The first-order valence-electron chi connectivity index (χ1n) is 3.83. The van der Waals surface area contributed by atoms with Crippen molar-refractivity contribution in [3.63, 3.8) is 0 Å². The maximum Gasteiger partial charge on any atom is 0.287 e. The van der Waals surface area contributed by atoms with E-state index in [1.54, 1.807) is 12.1 Å². The van der Waals surface area contributed by atoms with Crippen LogP contribution in [0, 0.1) is 0 Å². The number of aromatic nitrogens is 3. The van der Waals surface area contributed by atoms with E-state index in [2.05, 4.69) is 10.1 Å². The summed E-state index contributed by atoms with van der Waals surface area (Å²) in [4.78, 5) is 26.2. The summed E-state index contributed by atoms with van der Waals surface area (Å²) in [5, 5.41) is 3.76. The van der Waals surface area contributed by atoms with E-state index in [1.807, 2.05) is 0 Å². The van der Waals surface area contributed by atoms with Gasteiger partial charge < -0.3 is 5.73 Å². The molecule has 0 aliphatic heterocycles. The van der Waals surface area contributed by atoms with E-state index in [0.717, 1.165) is 10.7 Å². The largest absolute Gasteiger partial charge is 0.365 e. The molecule has 2 rings (SSSR count). The zero-order chi connectivity index (χ0) is 10.1. The fourth-order valence-electron chi connectivity index (χ4n) is 1.09. The summed E-state index contributed by atoms with van der Waals surface area (Å²) in [6.07, 6.45) is 2.59. The summed E-state index contributed by atoms with van der Waals surface area (Å²) in [5.74, 6) is -0.803. The SMILES string of the molecule is NC(=O)c1cnc2cccnn2c1=O. The Hall–Kier alpha value is -2.24. The fraction of sp³-hybridized carbons (Fsp3) is 0. The second kappa shape index (κ2) is 2.91. The summed E-state index contributed by atoms with van der Waals surface area (Å²) in [6, 6.07) is 3.25. The van der Waals surface area contributed by atoms with Crippen LogP contribution in [0.1, 0.15) is 10.4 Å². The summed E-state index contributed by atoms with van der Waals surface area (Å²) in [7, 11) is 0. The molecule has 0 atom stereocenters. The van der Waals surface area contributed by atoms with Crippen LogP contribution in [-0.4, -0.2) is 20.5 Å². The van der Waals surface area contributed by atoms with Crippen LogP contribution in [0.4, 0.5) is 0 Å². The molecular formula is C8H6N4O2. The van der Waals surface area contributed by atoms with Crippen molar-refractivity contribution in [1.82, 2.24) is 14.6 Å². The number of fused-ring (bicyclic) bond motifs is 1. The number of rotatable bonds is 1. The third-order valence-electron chi connectivity index (χ3n) is 1.74. The van der Waals surface area contributed by atoms with Gasteiger partial charge in [0, 0.05) is 12.4 Å². The second-order valence-electron chi connectivity index (χ2n) is 2.63. The zero-order valence-corrected chi connectivity index (χ0v) is 7.04. The number of primary amides is 1. The Morgan fingerprint density at radius 1 is 1.50 bits per heavy atom. The Bertz CT molecular complexity index is 561. The summed E-state index contributed by atoms with van der Waals surface area (Å²) in [6.45, 7) is 0. The van der Waals surface area contributed by atoms with Gasteiger partial charge in [0.2, 0.25) is 0 Å². The van der Waals surface area contributed by atoms with Gasteiger partial charge in [-0.3, -0.25) is 9.59 Å². The normalized spacial score (nSPS) is 10.3. The van der Waals surface area contributed by atoms with Crippen LogP contribution in [0.5, 0.6) is 0 Å². The summed E-state index contributed by atoms with van der Waals surface area (Å²) < 4.78 is 1.03. The van der Waals surface area contributed by atoms with Crippen LogP contribution in [0.2, 0.25) is 0 Å². The maximum atomic E-state index is 11.5. The van der Waals surface area contributed by atoms with Gasteiger partial charge in [-0.05, 0) is 12.1 Å². The molecule has 6 heteroatoms. The van der Waals surface area contributed by atoms with Crippen LogP contribution >= 0.6 is 0 Å². The number of carbonyl (C=O) groups is 1. The quantitative estimate of drug-likeness (QED) is 0.636. The fourth-order valence-corrected chi connectivity index (χ4v) is 1.09.